The highest BCUT2D eigenvalue weighted by Gasteiger charge is 2.54. The molecule has 9 aliphatic rings. The first-order chi connectivity index (χ1) is 28.1. The zero-order valence-electron chi connectivity index (χ0n) is 32.8. The van der Waals surface area contributed by atoms with Crippen molar-refractivity contribution >= 4 is 29.0 Å². The number of amidine groups is 2. The van der Waals surface area contributed by atoms with Crippen molar-refractivity contribution in [3.8, 4) is 0 Å². The maximum atomic E-state index is 5.53. The van der Waals surface area contributed by atoms with Gasteiger partial charge < -0.3 is 10.2 Å². The Morgan fingerprint density at radius 2 is 1.67 bits per heavy atom. The lowest BCUT2D eigenvalue weighted by atomic mass is 9.67. The van der Waals surface area contributed by atoms with Gasteiger partial charge in [0, 0.05) is 38.8 Å². The Balaban J connectivity index is 1.02. The summed E-state index contributed by atoms with van der Waals surface area (Å²) in [5.74, 6) is 2.54. The number of nitrogens with one attached hydrogen (secondary N) is 1. The number of fused-ring (bicyclic) bond motifs is 6. The van der Waals surface area contributed by atoms with Gasteiger partial charge in [-0.1, -0.05) is 134 Å². The Morgan fingerprint density at radius 3 is 2.47 bits per heavy atom. The number of aliphatic imine (C=N–C) groups is 2. The Labute approximate surface area is 342 Å². The van der Waals surface area contributed by atoms with E-state index in [4.69, 9.17) is 9.98 Å². The van der Waals surface area contributed by atoms with Crippen LogP contribution in [0.3, 0.4) is 0 Å². The van der Waals surface area contributed by atoms with Gasteiger partial charge in [-0.25, -0.2) is 9.98 Å². The van der Waals surface area contributed by atoms with E-state index in [1.54, 1.807) is 11.3 Å². The molecule has 3 aliphatic heterocycles. The van der Waals surface area contributed by atoms with E-state index in [9.17, 15) is 0 Å². The maximum absolute atomic E-state index is 5.53. The van der Waals surface area contributed by atoms with Crippen LogP contribution in [0.4, 0.5) is 0 Å². The number of nitrogens with zero attached hydrogens (tertiary/aromatic N) is 3. The third-order valence-electron chi connectivity index (χ3n) is 13.6. The monoisotopic (exact) mass is 762 g/mol. The van der Waals surface area contributed by atoms with Gasteiger partial charge in [0.1, 0.15) is 11.7 Å². The molecule has 0 saturated carbocycles. The second-order valence-electron chi connectivity index (χ2n) is 17.0. The third kappa shape index (κ3) is 5.95. The van der Waals surface area contributed by atoms with Crippen LogP contribution in [0.1, 0.15) is 87.6 Å². The minimum Gasteiger partial charge on any atom is -0.338 e. The topological polar surface area (TPSA) is 40.0 Å². The first-order valence-corrected chi connectivity index (χ1v) is 22.2. The molecule has 5 heteroatoms. The van der Waals surface area contributed by atoms with Gasteiger partial charge >= 0.3 is 0 Å². The van der Waals surface area contributed by atoms with Gasteiger partial charge in [0.25, 0.3) is 0 Å². The highest BCUT2D eigenvalue weighted by atomic mass is 32.2. The van der Waals surface area contributed by atoms with Crippen LogP contribution >= 0.6 is 11.8 Å². The van der Waals surface area contributed by atoms with Gasteiger partial charge in [-0.05, 0) is 114 Å². The van der Waals surface area contributed by atoms with Crippen molar-refractivity contribution < 1.29 is 0 Å². The molecule has 0 radical (unpaired) electrons. The molecule has 0 aromatic heterocycles. The molecule has 6 unspecified atom stereocenters. The van der Waals surface area contributed by atoms with Crippen LogP contribution < -0.4 is 5.32 Å². The van der Waals surface area contributed by atoms with E-state index in [0.717, 1.165) is 55.8 Å². The standard InChI is InChI=1S/C52H50N4S/c1-52-32-31-44-46(41-25-14-15-27-43(41)56(44)38-23-12-5-13-24-38)48(52)57-45-28-16-26-40(47(45)52)39-30-29-37(34-17-6-2-7-18-34)33-42(39)51-54-49(35-19-8-3-9-20-35)53-50(55-51)36-21-10-4-11-22-36/h2-6,8-10,12-13,16-17,19-21,23,26-32,38,41-42,48-49H,7,11,14-15,18,22,24-25,33H2,1H3,(H,53,54,55). The van der Waals surface area contributed by atoms with Crippen LogP contribution in [0, 0.1) is 11.8 Å². The van der Waals surface area contributed by atoms with Crippen LogP contribution in [-0.2, 0) is 5.41 Å². The molecule has 4 nitrogen and oxygen atoms in total. The Kier molecular flexibility index (Phi) is 8.83. The zero-order chi connectivity index (χ0) is 37.9. The molecule has 2 aromatic rings. The fraction of sp³-hybridized carbons (Fsp3) is 0.308. The number of benzene rings is 2. The lowest BCUT2D eigenvalue weighted by molar-refractivity contribution is 0.353. The summed E-state index contributed by atoms with van der Waals surface area (Å²) in [5.41, 5.74) is 14.0. The molecule has 6 atom stereocenters. The van der Waals surface area contributed by atoms with E-state index in [0.29, 0.717) is 17.2 Å². The maximum Gasteiger partial charge on any atom is 0.169 e. The Bertz CT molecular complexity index is 2440. The highest BCUT2D eigenvalue weighted by molar-refractivity contribution is 8.00. The van der Waals surface area contributed by atoms with E-state index in [2.05, 4.69) is 169 Å². The second-order valence-corrected chi connectivity index (χ2v) is 18.2. The molecule has 0 bridgehead atoms. The van der Waals surface area contributed by atoms with E-state index in [1.165, 1.54) is 63.3 Å². The summed E-state index contributed by atoms with van der Waals surface area (Å²) in [4.78, 5) is 15.0. The van der Waals surface area contributed by atoms with Crippen molar-refractivity contribution in [2.45, 2.75) is 92.5 Å². The molecule has 0 amide bonds. The minimum absolute atomic E-state index is 0.0516. The first-order valence-electron chi connectivity index (χ1n) is 21.3. The summed E-state index contributed by atoms with van der Waals surface area (Å²) in [6, 6.07) is 18.2. The van der Waals surface area contributed by atoms with E-state index in [1.807, 2.05) is 0 Å². The Hall–Kier alpha value is -5.13. The van der Waals surface area contributed by atoms with E-state index in [-0.39, 0.29) is 17.5 Å². The zero-order valence-corrected chi connectivity index (χ0v) is 33.6. The first kappa shape index (κ1) is 35.1. The number of allylic oxidation sites excluding steroid dienone is 16. The molecule has 57 heavy (non-hydrogen) atoms. The highest BCUT2D eigenvalue weighted by Crippen LogP contribution is 2.62. The van der Waals surface area contributed by atoms with Crippen molar-refractivity contribution in [3.05, 3.63) is 190 Å². The van der Waals surface area contributed by atoms with Crippen LogP contribution in [0.15, 0.2) is 188 Å². The molecule has 3 heterocycles. The van der Waals surface area contributed by atoms with Gasteiger partial charge in [-0.2, -0.15) is 0 Å². The van der Waals surface area contributed by atoms with Gasteiger partial charge in [-0.3, -0.25) is 0 Å². The van der Waals surface area contributed by atoms with Crippen LogP contribution in [0.5, 0.6) is 0 Å². The van der Waals surface area contributed by atoms with Crippen molar-refractivity contribution in [2.24, 2.45) is 21.8 Å². The fourth-order valence-electron chi connectivity index (χ4n) is 10.9. The van der Waals surface area contributed by atoms with E-state index >= 15 is 0 Å². The lowest BCUT2D eigenvalue weighted by Gasteiger charge is -2.38. The normalized spacial score (nSPS) is 30.9. The molecular weight excluding hydrogens is 713 g/mol. The SMILES string of the molecule is CC12C=CC3=C(C4CCCC=C4N3C3C=CC=CC3)C1Sc1cccc(C3=CC=C(C4=CC=CCC4)CC3C3=NC(c4ccccc4)N=C(C4=CC=CCC4)N3)c12. The molecule has 0 saturated heterocycles. The molecule has 2 aromatic carbocycles. The van der Waals surface area contributed by atoms with Gasteiger partial charge in [-0.15, -0.1) is 11.8 Å². The summed E-state index contributed by atoms with van der Waals surface area (Å²) < 4.78 is 0. The van der Waals surface area contributed by atoms with Gasteiger partial charge in [0.15, 0.2) is 6.17 Å². The molecule has 1 N–H and O–H groups in total. The van der Waals surface area contributed by atoms with Gasteiger partial charge in [0.05, 0.1) is 6.04 Å². The largest absolute Gasteiger partial charge is 0.338 e. The number of hydrogen-bond donors (Lipinski definition) is 1. The van der Waals surface area contributed by atoms with Crippen molar-refractivity contribution in [2.75, 3.05) is 0 Å². The summed E-state index contributed by atoms with van der Waals surface area (Å²) in [5, 5.41) is 4.25. The van der Waals surface area contributed by atoms with Crippen molar-refractivity contribution in [3.63, 3.8) is 0 Å². The quantitative estimate of drug-likeness (QED) is 0.319. The molecule has 284 valence electrons. The summed E-state index contributed by atoms with van der Waals surface area (Å²) >= 11 is 2.12. The summed E-state index contributed by atoms with van der Waals surface area (Å²) in [6.07, 6.45) is 44.8. The number of rotatable bonds is 6. The molecule has 6 aliphatic carbocycles. The number of hydrogen-bond acceptors (Lipinski definition) is 5. The number of thioether (sulfide) groups is 1. The Morgan fingerprint density at radius 1 is 0.807 bits per heavy atom. The average molecular weight is 763 g/mol. The van der Waals surface area contributed by atoms with Crippen LogP contribution in [0.2, 0.25) is 0 Å². The third-order valence-corrected chi connectivity index (χ3v) is 15.2. The smallest absolute Gasteiger partial charge is 0.169 e. The predicted octanol–water partition coefficient (Wildman–Crippen LogP) is 12.1. The summed E-state index contributed by atoms with van der Waals surface area (Å²) in [7, 11) is 0. The lowest BCUT2D eigenvalue weighted by Crippen LogP contribution is -2.41. The minimum atomic E-state index is -0.292. The molecule has 0 fully saturated rings. The van der Waals surface area contributed by atoms with Gasteiger partial charge in [0.2, 0.25) is 0 Å². The van der Waals surface area contributed by atoms with Crippen LogP contribution in [-0.4, -0.2) is 27.9 Å². The molecule has 11 rings (SSSR count). The van der Waals surface area contributed by atoms with E-state index < -0.39 is 0 Å². The molecular formula is C52H50N4S. The predicted molar refractivity (Wildman–Crippen MR) is 238 cm³/mol. The van der Waals surface area contributed by atoms with Crippen LogP contribution in [0.25, 0.3) is 5.57 Å². The van der Waals surface area contributed by atoms with Crippen molar-refractivity contribution in [1.82, 2.24) is 10.2 Å². The second kappa shape index (κ2) is 14.4. The average Bonchev–Trinajstić information content (AvgIpc) is 3.79. The summed E-state index contributed by atoms with van der Waals surface area (Å²) in [6.45, 7) is 2.53. The molecule has 0 spiro atoms. The fourth-order valence-corrected chi connectivity index (χ4v) is 12.6. The van der Waals surface area contributed by atoms with Crippen molar-refractivity contribution in [1.29, 1.82) is 0 Å².